The molecule has 0 spiro atoms. The molecule has 1 aliphatic rings. The molecular weight excluding hydrogens is 374 g/mol. The molecule has 0 radical (unpaired) electrons. The SMILES string of the molecule is CCN(CC)c1ccc2c(c1)OC(=C(C#N)C#N)C=C2/C=C/c1ccc(OC)cc1. The molecule has 5 heteroatoms. The van der Waals surface area contributed by atoms with Crippen LogP contribution in [0.4, 0.5) is 5.69 Å². The second-order valence-corrected chi connectivity index (χ2v) is 6.62. The second kappa shape index (κ2) is 9.49. The Morgan fingerprint density at radius 1 is 1.03 bits per heavy atom. The molecule has 5 nitrogen and oxygen atoms in total. The Bertz CT molecular complexity index is 1080. The molecular formula is C25H23N3O2. The zero-order valence-electron chi connectivity index (χ0n) is 17.3. The highest BCUT2D eigenvalue weighted by molar-refractivity contribution is 5.86. The van der Waals surface area contributed by atoms with Gasteiger partial charge in [0.15, 0.2) is 11.3 Å². The summed E-state index contributed by atoms with van der Waals surface area (Å²) in [5.74, 6) is 1.69. The van der Waals surface area contributed by atoms with Crippen molar-refractivity contribution in [3.63, 3.8) is 0 Å². The van der Waals surface area contributed by atoms with E-state index in [2.05, 4.69) is 24.8 Å². The zero-order valence-corrected chi connectivity index (χ0v) is 17.3. The minimum Gasteiger partial charge on any atom is -0.497 e. The Balaban J connectivity index is 2.05. The minimum atomic E-state index is -0.0516. The quantitative estimate of drug-likeness (QED) is 0.616. The maximum atomic E-state index is 9.31. The zero-order chi connectivity index (χ0) is 21.5. The van der Waals surface area contributed by atoms with E-state index < -0.39 is 0 Å². The average molecular weight is 397 g/mol. The highest BCUT2D eigenvalue weighted by Gasteiger charge is 2.20. The van der Waals surface area contributed by atoms with Crippen LogP contribution < -0.4 is 14.4 Å². The molecule has 0 unspecified atom stereocenters. The Labute approximate surface area is 177 Å². The number of ether oxygens (including phenoxy) is 2. The average Bonchev–Trinajstić information content (AvgIpc) is 2.79. The lowest BCUT2D eigenvalue weighted by atomic mass is 9.98. The van der Waals surface area contributed by atoms with Crippen molar-refractivity contribution in [2.45, 2.75) is 13.8 Å². The predicted molar refractivity (Wildman–Crippen MR) is 119 cm³/mol. The molecule has 1 aliphatic heterocycles. The fourth-order valence-electron chi connectivity index (χ4n) is 3.28. The fourth-order valence-corrected chi connectivity index (χ4v) is 3.28. The second-order valence-electron chi connectivity index (χ2n) is 6.62. The smallest absolute Gasteiger partial charge is 0.172 e. The highest BCUT2D eigenvalue weighted by atomic mass is 16.5. The third kappa shape index (κ3) is 4.37. The van der Waals surface area contributed by atoms with Gasteiger partial charge in [-0.15, -0.1) is 0 Å². The number of allylic oxidation sites excluding steroid dienone is 4. The molecule has 0 amide bonds. The first-order chi connectivity index (χ1) is 14.6. The van der Waals surface area contributed by atoms with Crippen LogP contribution in [0.2, 0.25) is 0 Å². The molecule has 1 heterocycles. The van der Waals surface area contributed by atoms with Gasteiger partial charge < -0.3 is 14.4 Å². The molecule has 0 fully saturated rings. The number of nitrogens with zero attached hydrogens (tertiary/aromatic N) is 3. The van der Waals surface area contributed by atoms with Crippen LogP contribution in [0.15, 0.2) is 65.9 Å². The molecule has 0 saturated heterocycles. The molecule has 0 aromatic heterocycles. The van der Waals surface area contributed by atoms with Crippen LogP contribution in [-0.4, -0.2) is 20.2 Å². The third-order valence-electron chi connectivity index (χ3n) is 4.95. The van der Waals surface area contributed by atoms with Crippen molar-refractivity contribution in [3.05, 3.63) is 77.1 Å². The summed E-state index contributed by atoms with van der Waals surface area (Å²) in [7, 11) is 1.64. The summed E-state index contributed by atoms with van der Waals surface area (Å²) in [6.45, 7) is 5.95. The van der Waals surface area contributed by atoms with Crippen molar-refractivity contribution in [1.29, 1.82) is 10.5 Å². The number of anilines is 1. The van der Waals surface area contributed by atoms with Gasteiger partial charge in [0, 0.05) is 30.4 Å². The number of fused-ring (bicyclic) bond motifs is 1. The van der Waals surface area contributed by atoms with E-state index in [1.54, 1.807) is 13.2 Å². The Morgan fingerprint density at radius 2 is 1.73 bits per heavy atom. The summed E-state index contributed by atoms with van der Waals surface area (Å²) in [5, 5.41) is 18.6. The molecule has 2 aromatic carbocycles. The number of nitriles is 2. The van der Waals surface area contributed by atoms with Gasteiger partial charge >= 0.3 is 0 Å². The van der Waals surface area contributed by atoms with E-state index in [0.29, 0.717) is 5.75 Å². The van der Waals surface area contributed by atoms with Gasteiger partial charge in [-0.3, -0.25) is 0 Å². The summed E-state index contributed by atoms with van der Waals surface area (Å²) in [4.78, 5) is 2.22. The van der Waals surface area contributed by atoms with Crippen LogP contribution in [0.5, 0.6) is 11.5 Å². The van der Waals surface area contributed by atoms with Crippen molar-refractivity contribution in [1.82, 2.24) is 0 Å². The van der Waals surface area contributed by atoms with E-state index in [-0.39, 0.29) is 11.3 Å². The number of benzene rings is 2. The summed E-state index contributed by atoms with van der Waals surface area (Å²) in [6.07, 6.45) is 5.68. The van der Waals surface area contributed by atoms with E-state index in [9.17, 15) is 10.5 Å². The molecule has 0 bridgehead atoms. The number of methoxy groups -OCH3 is 1. The molecule has 3 rings (SSSR count). The fraction of sp³-hybridized carbons (Fsp3) is 0.200. The van der Waals surface area contributed by atoms with Crippen molar-refractivity contribution >= 4 is 17.3 Å². The van der Waals surface area contributed by atoms with E-state index in [1.165, 1.54) is 0 Å². The van der Waals surface area contributed by atoms with E-state index in [1.807, 2.05) is 60.7 Å². The van der Waals surface area contributed by atoms with Gasteiger partial charge in [0.1, 0.15) is 23.6 Å². The maximum Gasteiger partial charge on any atom is 0.172 e. The number of rotatable bonds is 6. The van der Waals surface area contributed by atoms with Gasteiger partial charge in [-0.25, -0.2) is 0 Å². The lowest BCUT2D eigenvalue weighted by Gasteiger charge is -2.25. The van der Waals surface area contributed by atoms with Crippen molar-refractivity contribution < 1.29 is 9.47 Å². The summed E-state index contributed by atoms with van der Waals surface area (Å²) in [6, 6.07) is 17.6. The first-order valence-electron chi connectivity index (χ1n) is 9.79. The Hall–Kier alpha value is -3.96. The van der Waals surface area contributed by atoms with Crippen LogP contribution >= 0.6 is 0 Å². The van der Waals surface area contributed by atoms with E-state index in [4.69, 9.17) is 9.47 Å². The third-order valence-corrected chi connectivity index (χ3v) is 4.95. The van der Waals surface area contributed by atoms with Crippen LogP contribution in [0.1, 0.15) is 25.0 Å². The topological polar surface area (TPSA) is 69.3 Å². The Morgan fingerprint density at radius 3 is 2.33 bits per heavy atom. The molecule has 0 saturated carbocycles. The highest BCUT2D eigenvalue weighted by Crippen LogP contribution is 2.38. The van der Waals surface area contributed by atoms with Crippen LogP contribution in [0, 0.1) is 22.7 Å². The normalized spacial score (nSPS) is 12.3. The Kier molecular flexibility index (Phi) is 6.57. The first kappa shape index (κ1) is 20.8. The van der Waals surface area contributed by atoms with Gasteiger partial charge in [0.05, 0.1) is 7.11 Å². The molecule has 30 heavy (non-hydrogen) atoms. The van der Waals surface area contributed by atoms with E-state index >= 15 is 0 Å². The van der Waals surface area contributed by atoms with Crippen molar-refractivity contribution in [3.8, 4) is 23.6 Å². The summed E-state index contributed by atoms with van der Waals surface area (Å²) >= 11 is 0. The number of hydrogen-bond acceptors (Lipinski definition) is 5. The molecule has 150 valence electrons. The lowest BCUT2D eigenvalue weighted by Crippen LogP contribution is -2.22. The van der Waals surface area contributed by atoms with Gasteiger partial charge in [-0.2, -0.15) is 10.5 Å². The van der Waals surface area contributed by atoms with Gasteiger partial charge in [0.25, 0.3) is 0 Å². The molecule has 2 aromatic rings. The van der Waals surface area contributed by atoms with Gasteiger partial charge in [0.2, 0.25) is 0 Å². The minimum absolute atomic E-state index is 0.0516. The standard InChI is InChI=1S/C25H23N3O2/c1-4-28(5-2)21-10-13-23-19(9-6-18-7-11-22(29-3)12-8-18)14-24(20(16-26)17-27)30-25(23)15-21/h6-15H,4-5H2,1-3H3/b9-6+. The largest absolute Gasteiger partial charge is 0.497 e. The van der Waals surface area contributed by atoms with E-state index in [0.717, 1.165) is 41.2 Å². The molecule has 0 aliphatic carbocycles. The molecule has 0 N–H and O–H groups in total. The van der Waals surface area contributed by atoms with Crippen molar-refractivity contribution in [2.75, 3.05) is 25.1 Å². The number of hydrogen-bond donors (Lipinski definition) is 0. The lowest BCUT2D eigenvalue weighted by molar-refractivity contribution is 0.415. The summed E-state index contributed by atoms with van der Waals surface area (Å²) < 4.78 is 11.2. The first-order valence-corrected chi connectivity index (χ1v) is 9.79. The van der Waals surface area contributed by atoms with Crippen LogP contribution in [0.25, 0.3) is 11.6 Å². The van der Waals surface area contributed by atoms with Crippen LogP contribution in [0.3, 0.4) is 0 Å². The van der Waals surface area contributed by atoms with Crippen molar-refractivity contribution in [2.24, 2.45) is 0 Å². The monoisotopic (exact) mass is 397 g/mol. The predicted octanol–water partition coefficient (Wildman–Crippen LogP) is 5.33. The molecule has 0 atom stereocenters. The van der Waals surface area contributed by atoms with Gasteiger partial charge in [-0.1, -0.05) is 24.3 Å². The van der Waals surface area contributed by atoms with Crippen LogP contribution in [-0.2, 0) is 0 Å². The maximum absolute atomic E-state index is 9.31. The summed E-state index contributed by atoms with van der Waals surface area (Å²) in [5.41, 5.74) is 3.78. The van der Waals surface area contributed by atoms with Gasteiger partial charge in [-0.05, 0) is 55.3 Å².